The normalized spacial score (nSPS) is 15.2. The van der Waals surface area contributed by atoms with Crippen molar-refractivity contribution in [2.24, 2.45) is 0 Å². The summed E-state index contributed by atoms with van der Waals surface area (Å²) in [7, 11) is -3.83. The highest BCUT2D eigenvalue weighted by molar-refractivity contribution is 7.89. The number of esters is 1. The highest BCUT2D eigenvalue weighted by atomic mass is 32.2. The molecule has 1 aliphatic carbocycles. The van der Waals surface area contributed by atoms with Gasteiger partial charge in [-0.3, -0.25) is 4.79 Å². The molecule has 1 aliphatic rings. The number of aryl methyl sites for hydroxylation is 1. The second kappa shape index (κ2) is 6.11. The van der Waals surface area contributed by atoms with Gasteiger partial charge < -0.3 is 4.74 Å². The highest BCUT2D eigenvalue weighted by Gasteiger charge is 2.40. The van der Waals surface area contributed by atoms with Gasteiger partial charge in [-0.2, -0.15) is 4.31 Å². The van der Waals surface area contributed by atoms with Crippen LogP contribution in [0.5, 0.6) is 0 Å². The van der Waals surface area contributed by atoms with Crippen molar-refractivity contribution in [3.05, 3.63) is 29.6 Å². The first kappa shape index (κ1) is 15.9. The average molecular weight is 315 g/mol. The number of hydrogen-bond donors (Lipinski definition) is 0. The lowest BCUT2D eigenvalue weighted by Crippen LogP contribution is -2.38. The monoisotopic (exact) mass is 315 g/mol. The molecule has 0 aromatic heterocycles. The zero-order valence-electron chi connectivity index (χ0n) is 12.0. The Bertz CT molecular complexity index is 640. The van der Waals surface area contributed by atoms with Crippen LogP contribution in [0.25, 0.3) is 0 Å². The summed E-state index contributed by atoms with van der Waals surface area (Å²) in [6.45, 7) is 3.09. The van der Waals surface area contributed by atoms with Gasteiger partial charge in [0.05, 0.1) is 11.5 Å². The van der Waals surface area contributed by atoms with E-state index in [1.807, 2.05) is 0 Å². The zero-order valence-corrected chi connectivity index (χ0v) is 12.8. The van der Waals surface area contributed by atoms with Gasteiger partial charge in [0.25, 0.3) is 0 Å². The molecule has 0 spiro atoms. The van der Waals surface area contributed by atoms with Gasteiger partial charge in [0.15, 0.2) is 0 Å². The molecule has 0 radical (unpaired) electrons. The van der Waals surface area contributed by atoms with Crippen LogP contribution >= 0.6 is 0 Å². The quantitative estimate of drug-likeness (QED) is 0.752. The number of rotatable bonds is 6. The molecule has 1 saturated carbocycles. The molecule has 0 aliphatic heterocycles. The van der Waals surface area contributed by atoms with E-state index in [-0.39, 0.29) is 24.1 Å². The molecule has 0 unspecified atom stereocenters. The Morgan fingerprint density at radius 2 is 2.10 bits per heavy atom. The maximum Gasteiger partial charge on any atom is 0.321 e. The third-order valence-corrected chi connectivity index (χ3v) is 5.33. The fraction of sp³-hybridized carbons (Fsp3) is 0.500. The Balaban J connectivity index is 2.31. The van der Waals surface area contributed by atoms with Crippen molar-refractivity contribution in [3.63, 3.8) is 0 Å². The molecular formula is C14H18FNO4S. The van der Waals surface area contributed by atoms with E-state index >= 15 is 0 Å². The Morgan fingerprint density at radius 3 is 2.62 bits per heavy atom. The molecule has 21 heavy (non-hydrogen) atoms. The summed E-state index contributed by atoms with van der Waals surface area (Å²) in [5.41, 5.74) is 0.324. The minimum Gasteiger partial charge on any atom is -0.465 e. The van der Waals surface area contributed by atoms with Crippen molar-refractivity contribution >= 4 is 16.0 Å². The van der Waals surface area contributed by atoms with Gasteiger partial charge in [0, 0.05) is 6.04 Å². The van der Waals surface area contributed by atoms with E-state index in [2.05, 4.69) is 0 Å². The van der Waals surface area contributed by atoms with Gasteiger partial charge in [-0.05, 0) is 50.5 Å². The van der Waals surface area contributed by atoms with Crippen LogP contribution in [-0.2, 0) is 19.6 Å². The van der Waals surface area contributed by atoms with Crippen molar-refractivity contribution in [1.29, 1.82) is 0 Å². The smallest absolute Gasteiger partial charge is 0.321 e. The van der Waals surface area contributed by atoms with Gasteiger partial charge >= 0.3 is 5.97 Å². The molecule has 1 aromatic carbocycles. The summed E-state index contributed by atoms with van der Waals surface area (Å²) in [6.07, 6.45) is 1.44. The number of hydrogen-bond acceptors (Lipinski definition) is 4. The first-order chi connectivity index (χ1) is 9.86. The maximum atomic E-state index is 13.1. The lowest BCUT2D eigenvalue weighted by molar-refractivity contribution is -0.143. The van der Waals surface area contributed by atoms with Crippen molar-refractivity contribution in [2.45, 2.75) is 37.6 Å². The van der Waals surface area contributed by atoms with Gasteiger partial charge in [0.2, 0.25) is 10.0 Å². The highest BCUT2D eigenvalue weighted by Crippen LogP contribution is 2.32. The van der Waals surface area contributed by atoms with Crippen LogP contribution in [0.2, 0.25) is 0 Å². The molecule has 7 heteroatoms. The lowest BCUT2D eigenvalue weighted by atomic mass is 10.2. The fourth-order valence-electron chi connectivity index (χ4n) is 2.14. The SMILES string of the molecule is CCOC(=O)CN(C1CC1)S(=O)(=O)c1ccc(F)cc1C. The summed E-state index contributed by atoms with van der Waals surface area (Å²) in [6, 6.07) is 3.34. The van der Waals surface area contributed by atoms with Gasteiger partial charge in [-0.15, -0.1) is 0 Å². The fourth-order valence-corrected chi connectivity index (χ4v) is 3.97. The van der Waals surface area contributed by atoms with Gasteiger partial charge in [-0.25, -0.2) is 12.8 Å². The summed E-state index contributed by atoms with van der Waals surface area (Å²) in [4.78, 5) is 11.6. The van der Waals surface area contributed by atoms with Gasteiger partial charge in [-0.1, -0.05) is 0 Å². The van der Waals surface area contributed by atoms with E-state index in [0.717, 1.165) is 23.2 Å². The second-order valence-corrected chi connectivity index (χ2v) is 6.86. The number of carbonyl (C=O) groups is 1. The topological polar surface area (TPSA) is 63.7 Å². The second-order valence-electron chi connectivity index (χ2n) is 5.00. The summed E-state index contributed by atoms with van der Waals surface area (Å²) in [5.74, 6) is -1.07. The third-order valence-electron chi connectivity index (χ3n) is 3.27. The van der Waals surface area contributed by atoms with E-state index < -0.39 is 21.8 Å². The van der Waals surface area contributed by atoms with Crippen LogP contribution in [0.1, 0.15) is 25.3 Å². The predicted octanol–water partition coefficient (Wildman–Crippen LogP) is 1.85. The molecule has 0 amide bonds. The molecule has 5 nitrogen and oxygen atoms in total. The van der Waals surface area contributed by atoms with E-state index in [1.165, 1.54) is 19.1 Å². The Labute approximate surface area is 123 Å². The number of halogens is 1. The molecule has 0 heterocycles. The summed E-state index contributed by atoms with van der Waals surface area (Å²) in [5, 5.41) is 0. The molecule has 116 valence electrons. The minimum absolute atomic E-state index is 0.0279. The number of nitrogens with zero attached hydrogens (tertiary/aromatic N) is 1. The molecule has 2 rings (SSSR count). The van der Waals surface area contributed by atoms with Gasteiger partial charge in [0.1, 0.15) is 12.4 Å². The van der Waals surface area contributed by atoms with E-state index in [0.29, 0.717) is 5.56 Å². The summed E-state index contributed by atoms with van der Waals surface area (Å²) < 4.78 is 44.5. The number of carbonyl (C=O) groups excluding carboxylic acids is 1. The average Bonchev–Trinajstić information content (AvgIpc) is 3.19. The molecule has 1 fully saturated rings. The Morgan fingerprint density at radius 1 is 1.43 bits per heavy atom. The Hall–Kier alpha value is -1.47. The number of ether oxygens (including phenoxy) is 1. The van der Waals surface area contributed by atoms with Crippen LogP contribution in [0.3, 0.4) is 0 Å². The first-order valence-electron chi connectivity index (χ1n) is 6.80. The standard InChI is InChI=1S/C14H18FNO4S/c1-3-20-14(17)9-16(12-5-6-12)21(18,19)13-7-4-11(15)8-10(13)2/h4,7-8,12H,3,5-6,9H2,1-2H3. The largest absolute Gasteiger partial charge is 0.465 e. The molecule has 0 N–H and O–H groups in total. The van der Waals surface area contributed by atoms with Crippen molar-refractivity contribution in [2.75, 3.05) is 13.2 Å². The van der Waals surface area contributed by atoms with Crippen LogP contribution in [0.15, 0.2) is 23.1 Å². The van der Waals surface area contributed by atoms with Crippen LogP contribution in [0, 0.1) is 12.7 Å². The Kier molecular flexibility index (Phi) is 4.63. The van der Waals surface area contributed by atoms with Crippen LogP contribution in [-0.4, -0.2) is 37.9 Å². The number of benzene rings is 1. The van der Waals surface area contributed by atoms with Crippen LogP contribution < -0.4 is 0 Å². The molecule has 1 aromatic rings. The van der Waals surface area contributed by atoms with Crippen molar-refractivity contribution in [1.82, 2.24) is 4.31 Å². The van der Waals surface area contributed by atoms with E-state index in [9.17, 15) is 17.6 Å². The first-order valence-corrected chi connectivity index (χ1v) is 8.24. The summed E-state index contributed by atoms with van der Waals surface area (Å²) >= 11 is 0. The van der Waals surface area contributed by atoms with Crippen LogP contribution in [0.4, 0.5) is 4.39 Å². The van der Waals surface area contributed by atoms with Crippen molar-refractivity contribution in [3.8, 4) is 0 Å². The molecular weight excluding hydrogens is 297 g/mol. The lowest BCUT2D eigenvalue weighted by Gasteiger charge is -2.21. The third kappa shape index (κ3) is 3.59. The maximum absolute atomic E-state index is 13.1. The van der Waals surface area contributed by atoms with E-state index in [1.54, 1.807) is 6.92 Å². The minimum atomic E-state index is -3.83. The molecule has 0 saturated heterocycles. The van der Waals surface area contributed by atoms with Crippen molar-refractivity contribution < 1.29 is 22.3 Å². The zero-order chi connectivity index (χ0) is 15.6. The number of sulfonamides is 1. The molecule has 0 atom stereocenters. The van der Waals surface area contributed by atoms with E-state index in [4.69, 9.17) is 4.74 Å². The molecule has 0 bridgehead atoms. The predicted molar refractivity (Wildman–Crippen MR) is 74.7 cm³/mol.